The molecule has 5 aliphatic heterocycles. The second kappa shape index (κ2) is 15.9. The van der Waals surface area contributed by atoms with Gasteiger partial charge in [-0.3, -0.25) is 34.2 Å². The maximum Gasteiger partial charge on any atom is 0.271 e. The summed E-state index contributed by atoms with van der Waals surface area (Å²) in [6.45, 7) is 5.64. The highest BCUT2D eigenvalue weighted by Gasteiger charge is 2.48. The number of benzene rings is 2. The number of carbonyl (C=O) groups excluding carboxylic acids is 5. The van der Waals surface area contributed by atoms with Gasteiger partial charge >= 0.3 is 0 Å². The van der Waals surface area contributed by atoms with Crippen molar-refractivity contribution in [2.45, 2.75) is 88.4 Å². The number of ether oxygens (including phenoxy) is 1. The molecule has 1 spiro atoms. The van der Waals surface area contributed by atoms with Crippen molar-refractivity contribution in [1.29, 1.82) is 5.26 Å². The van der Waals surface area contributed by atoms with Crippen LogP contribution in [0.2, 0.25) is 5.02 Å². The van der Waals surface area contributed by atoms with E-state index in [1.165, 1.54) is 0 Å². The lowest BCUT2D eigenvalue weighted by molar-refractivity contribution is -0.136. The number of aromatic nitrogens is 2. The van der Waals surface area contributed by atoms with Crippen molar-refractivity contribution in [1.82, 2.24) is 30.4 Å². The molecular weight excluding hydrogens is 774 g/mol. The number of amides is 5. The number of likely N-dealkylation sites (tertiary alicyclic amines) is 1. The molecule has 306 valence electrons. The Hall–Kier alpha value is -5.59. The minimum Gasteiger partial charge on any atom is -0.490 e. The van der Waals surface area contributed by atoms with Gasteiger partial charge in [-0.1, -0.05) is 11.6 Å². The van der Waals surface area contributed by atoms with Gasteiger partial charge in [0.2, 0.25) is 11.8 Å². The van der Waals surface area contributed by atoms with E-state index >= 15 is 0 Å². The largest absolute Gasteiger partial charge is 0.490 e. The fourth-order valence-corrected chi connectivity index (χ4v) is 9.99. The first-order valence-electron chi connectivity index (χ1n) is 20.7. The lowest BCUT2D eigenvalue weighted by Gasteiger charge is -2.56. The van der Waals surface area contributed by atoms with Crippen LogP contribution < -0.4 is 25.2 Å². The zero-order valence-corrected chi connectivity index (χ0v) is 33.5. The van der Waals surface area contributed by atoms with E-state index in [-0.39, 0.29) is 36.3 Å². The highest BCUT2D eigenvalue weighted by atomic mass is 35.5. The normalized spacial score (nSPS) is 24.7. The molecular formula is C43H46ClN9O6. The average Bonchev–Trinajstić information content (AvgIpc) is 3.48. The van der Waals surface area contributed by atoms with Crippen LogP contribution >= 0.6 is 11.6 Å². The van der Waals surface area contributed by atoms with Gasteiger partial charge in [0.05, 0.1) is 40.2 Å². The van der Waals surface area contributed by atoms with Gasteiger partial charge in [-0.2, -0.15) is 5.26 Å². The van der Waals surface area contributed by atoms with Gasteiger partial charge in [-0.25, -0.2) is 9.97 Å². The maximum absolute atomic E-state index is 13.3. The first-order valence-corrected chi connectivity index (χ1v) is 21.0. The average molecular weight is 820 g/mol. The molecule has 59 heavy (non-hydrogen) atoms. The number of carbonyl (C=O) groups is 5. The molecule has 1 unspecified atom stereocenters. The summed E-state index contributed by atoms with van der Waals surface area (Å²) in [6.07, 6.45) is 11.0. The Morgan fingerprint density at radius 3 is 2.29 bits per heavy atom. The van der Waals surface area contributed by atoms with Gasteiger partial charge < -0.3 is 24.8 Å². The van der Waals surface area contributed by atoms with Gasteiger partial charge in [-0.05, 0) is 101 Å². The monoisotopic (exact) mass is 819 g/mol. The van der Waals surface area contributed by atoms with Gasteiger partial charge in [0.1, 0.15) is 29.4 Å². The van der Waals surface area contributed by atoms with Crippen LogP contribution in [0.4, 0.5) is 11.5 Å². The Balaban J connectivity index is 0.700. The van der Waals surface area contributed by atoms with E-state index < -0.39 is 29.7 Å². The van der Waals surface area contributed by atoms with E-state index in [0.717, 1.165) is 107 Å². The molecule has 0 bridgehead atoms. The van der Waals surface area contributed by atoms with E-state index in [4.69, 9.17) is 21.6 Å². The highest BCUT2D eigenvalue weighted by molar-refractivity contribution is 6.31. The SMILES string of the molecule is N#Cc1ccc(OC2CCC(NC(=O)c3cnc(N4CCC(N5CCC6(CC5)CN(c5ccc7c(c5)C(=O)N(C5CCC(=O)NC5=O)C7=O)C6)CC4)cn3)CC2)cc1Cl. The molecule has 1 aliphatic carbocycles. The molecule has 5 fully saturated rings. The number of nitrogens with zero attached hydrogens (tertiary/aromatic N) is 7. The molecule has 1 aromatic heterocycles. The quantitative estimate of drug-likeness (QED) is 0.311. The summed E-state index contributed by atoms with van der Waals surface area (Å²) in [5.41, 5.74) is 2.48. The summed E-state index contributed by atoms with van der Waals surface area (Å²) >= 11 is 6.15. The fraction of sp³-hybridized carbons (Fsp3) is 0.488. The molecule has 0 radical (unpaired) electrons. The van der Waals surface area contributed by atoms with E-state index in [1.54, 1.807) is 42.7 Å². The van der Waals surface area contributed by atoms with Crippen molar-refractivity contribution in [2.24, 2.45) is 5.41 Å². The van der Waals surface area contributed by atoms with Crippen molar-refractivity contribution in [3.05, 3.63) is 76.2 Å². The first-order chi connectivity index (χ1) is 28.6. The number of hydrogen-bond donors (Lipinski definition) is 2. The molecule has 1 saturated carbocycles. The van der Waals surface area contributed by atoms with Gasteiger partial charge in [-0.15, -0.1) is 0 Å². The number of nitrogens with one attached hydrogen (secondary N) is 2. The number of fused-ring (bicyclic) bond motifs is 1. The molecule has 6 heterocycles. The molecule has 1 atom stereocenters. The number of imide groups is 2. The van der Waals surface area contributed by atoms with Crippen LogP contribution in [-0.2, 0) is 9.59 Å². The Bertz CT molecular complexity index is 2210. The Labute approximate surface area is 347 Å². The summed E-state index contributed by atoms with van der Waals surface area (Å²) in [5, 5.41) is 14.8. The van der Waals surface area contributed by atoms with Crippen LogP contribution in [0.3, 0.4) is 0 Å². The Morgan fingerprint density at radius 1 is 0.864 bits per heavy atom. The summed E-state index contributed by atoms with van der Waals surface area (Å²) in [5.74, 6) is -0.750. The van der Waals surface area contributed by atoms with E-state index in [0.29, 0.717) is 39.2 Å². The van der Waals surface area contributed by atoms with Crippen LogP contribution in [0.5, 0.6) is 5.75 Å². The molecule has 6 aliphatic rings. The number of nitriles is 1. The topological polar surface area (TPSA) is 181 Å². The van der Waals surface area contributed by atoms with E-state index in [2.05, 4.69) is 41.4 Å². The number of anilines is 2. The molecule has 2 aromatic carbocycles. The van der Waals surface area contributed by atoms with Crippen LogP contribution in [0.25, 0.3) is 0 Å². The van der Waals surface area contributed by atoms with Crippen molar-refractivity contribution in [3.63, 3.8) is 0 Å². The molecule has 4 saturated heterocycles. The lowest BCUT2D eigenvalue weighted by atomic mass is 9.71. The standard InChI is InChI=1S/C43H46ClN9O6/c44-34-20-31(5-1-26(34)21-45)59-30-6-2-27(3-7-30)48-39(55)35-22-47-37(23-46-35)51-15-11-28(12-16-51)50-17-13-43(14-18-50)24-52(25-43)29-4-8-32-33(19-29)42(58)53(41(32)57)36-9-10-38(54)49-40(36)56/h1,4-5,8,19-20,22-23,27-28,30,36H,2-3,6-7,9-18,24-25H2,(H,48,55)(H,49,54,56). The third-order valence-electron chi connectivity index (χ3n) is 13.2. The second-order valence-corrected chi connectivity index (χ2v) is 17.3. The summed E-state index contributed by atoms with van der Waals surface area (Å²) < 4.78 is 6.08. The number of halogens is 1. The molecule has 5 amide bonds. The van der Waals surface area contributed by atoms with E-state index in [9.17, 15) is 24.0 Å². The smallest absolute Gasteiger partial charge is 0.271 e. The summed E-state index contributed by atoms with van der Waals surface area (Å²) in [4.78, 5) is 80.9. The van der Waals surface area contributed by atoms with Crippen LogP contribution in [0, 0.1) is 16.7 Å². The minimum absolute atomic E-state index is 0.0213. The second-order valence-electron chi connectivity index (χ2n) is 16.9. The van der Waals surface area contributed by atoms with Crippen molar-refractivity contribution in [3.8, 4) is 11.8 Å². The maximum atomic E-state index is 13.3. The van der Waals surface area contributed by atoms with Gasteiger partial charge in [0.25, 0.3) is 17.7 Å². The molecule has 3 aromatic rings. The van der Waals surface area contributed by atoms with Crippen molar-refractivity contribution >= 4 is 52.6 Å². The van der Waals surface area contributed by atoms with Crippen LogP contribution in [-0.4, -0.2) is 113 Å². The predicted molar refractivity (Wildman–Crippen MR) is 216 cm³/mol. The molecule has 2 N–H and O–H groups in total. The Kier molecular flexibility index (Phi) is 10.5. The van der Waals surface area contributed by atoms with Crippen molar-refractivity contribution in [2.75, 3.05) is 49.1 Å². The number of rotatable bonds is 8. The predicted octanol–water partition coefficient (Wildman–Crippen LogP) is 4.09. The molecule has 9 rings (SSSR count). The van der Waals surface area contributed by atoms with Crippen LogP contribution in [0.1, 0.15) is 101 Å². The third kappa shape index (κ3) is 7.71. The van der Waals surface area contributed by atoms with Gasteiger partial charge in [0.15, 0.2) is 0 Å². The summed E-state index contributed by atoms with van der Waals surface area (Å²) in [6, 6.07) is 12.1. The van der Waals surface area contributed by atoms with E-state index in [1.807, 2.05) is 6.07 Å². The third-order valence-corrected chi connectivity index (χ3v) is 13.6. The minimum atomic E-state index is -0.969. The van der Waals surface area contributed by atoms with Crippen molar-refractivity contribution < 1.29 is 28.7 Å². The first kappa shape index (κ1) is 38.9. The highest BCUT2D eigenvalue weighted by Crippen LogP contribution is 2.44. The zero-order valence-electron chi connectivity index (χ0n) is 32.7. The van der Waals surface area contributed by atoms with Gasteiger partial charge in [0, 0.05) is 61.9 Å². The van der Waals surface area contributed by atoms with Crippen LogP contribution in [0.15, 0.2) is 48.8 Å². The molecule has 15 nitrogen and oxygen atoms in total. The molecule has 16 heteroatoms. The lowest BCUT2D eigenvalue weighted by Crippen LogP contribution is -2.61. The Morgan fingerprint density at radius 2 is 1.61 bits per heavy atom. The number of hydrogen-bond acceptors (Lipinski definition) is 12. The summed E-state index contributed by atoms with van der Waals surface area (Å²) in [7, 11) is 0. The zero-order chi connectivity index (χ0) is 40.8. The number of piperidine rings is 3. The fourth-order valence-electron chi connectivity index (χ4n) is 9.78.